The molecule has 1 unspecified atom stereocenters. The van der Waals surface area contributed by atoms with Gasteiger partial charge in [0.25, 0.3) is 0 Å². The number of hydrogen-bond acceptors (Lipinski definition) is 3. The normalized spacial score (nSPS) is 12.9. The van der Waals surface area contributed by atoms with Crippen LogP contribution in [0.4, 0.5) is 0 Å². The average molecular weight is 329 g/mol. The topological polar surface area (TPSA) is 38.0 Å². The van der Waals surface area contributed by atoms with Crippen LogP contribution in [-0.2, 0) is 13.0 Å². The SMILES string of the molecule is CCn1nc(C)cc1CC(O)c1cc(Br)c(C)s1. The second kappa shape index (κ2) is 5.55. The summed E-state index contributed by atoms with van der Waals surface area (Å²) in [4.78, 5) is 2.20. The maximum absolute atomic E-state index is 10.3. The number of hydrogen-bond donors (Lipinski definition) is 1. The van der Waals surface area contributed by atoms with Crippen LogP contribution in [-0.4, -0.2) is 14.9 Å². The predicted molar refractivity (Wildman–Crippen MR) is 78.1 cm³/mol. The van der Waals surface area contributed by atoms with Gasteiger partial charge in [-0.15, -0.1) is 11.3 Å². The van der Waals surface area contributed by atoms with Crippen molar-refractivity contribution in [3.63, 3.8) is 0 Å². The van der Waals surface area contributed by atoms with E-state index in [4.69, 9.17) is 0 Å². The van der Waals surface area contributed by atoms with Gasteiger partial charge >= 0.3 is 0 Å². The first-order valence-corrected chi connectivity index (χ1v) is 7.59. The van der Waals surface area contributed by atoms with Crippen molar-refractivity contribution in [3.8, 4) is 0 Å². The lowest BCUT2D eigenvalue weighted by Gasteiger charge is -2.09. The number of aryl methyl sites for hydroxylation is 3. The molecule has 0 aliphatic carbocycles. The fraction of sp³-hybridized carbons (Fsp3) is 0.462. The van der Waals surface area contributed by atoms with Crippen LogP contribution in [0.25, 0.3) is 0 Å². The summed E-state index contributed by atoms with van der Waals surface area (Å²) in [5, 5.41) is 14.7. The minimum atomic E-state index is -0.457. The van der Waals surface area contributed by atoms with Gasteiger partial charge in [-0.25, -0.2) is 0 Å². The highest BCUT2D eigenvalue weighted by molar-refractivity contribution is 9.10. The number of nitrogens with zero attached hydrogens (tertiary/aromatic N) is 2. The van der Waals surface area contributed by atoms with Crippen LogP contribution in [0.3, 0.4) is 0 Å². The molecule has 1 atom stereocenters. The monoisotopic (exact) mass is 328 g/mol. The Balaban J connectivity index is 2.17. The Morgan fingerprint density at radius 3 is 2.72 bits per heavy atom. The fourth-order valence-electron chi connectivity index (χ4n) is 1.98. The lowest BCUT2D eigenvalue weighted by Crippen LogP contribution is -2.07. The molecule has 2 heterocycles. The smallest absolute Gasteiger partial charge is 0.0937 e. The van der Waals surface area contributed by atoms with E-state index >= 15 is 0 Å². The van der Waals surface area contributed by atoms with E-state index in [-0.39, 0.29) is 0 Å². The molecule has 2 aromatic rings. The van der Waals surface area contributed by atoms with E-state index in [1.807, 2.05) is 30.7 Å². The Morgan fingerprint density at radius 1 is 1.44 bits per heavy atom. The molecule has 0 aliphatic rings. The summed E-state index contributed by atoms with van der Waals surface area (Å²) in [6.07, 6.45) is 0.155. The number of aromatic nitrogens is 2. The Hall–Kier alpha value is -0.650. The zero-order valence-electron chi connectivity index (χ0n) is 10.8. The molecular formula is C13H17BrN2OS. The first-order chi connectivity index (χ1) is 8.51. The van der Waals surface area contributed by atoms with E-state index in [0.29, 0.717) is 6.42 Å². The van der Waals surface area contributed by atoms with Crippen LogP contribution in [0, 0.1) is 13.8 Å². The second-order valence-corrected chi connectivity index (χ2v) is 6.51. The third-order valence-corrected chi connectivity index (χ3v) is 5.13. The van der Waals surface area contributed by atoms with Gasteiger partial charge in [-0.3, -0.25) is 4.68 Å². The molecule has 0 amide bonds. The molecule has 5 heteroatoms. The predicted octanol–water partition coefficient (Wildman–Crippen LogP) is 3.62. The van der Waals surface area contributed by atoms with Gasteiger partial charge in [-0.2, -0.15) is 5.10 Å². The molecule has 0 fully saturated rings. The molecule has 0 radical (unpaired) electrons. The van der Waals surface area contributed by atoms with Crippen molar-refractivity contribution >= 4 is 27.3 Å². The lowest BCUT2D eigenvalue weighted by molar-refractivity contribution is 0.179. The average Bonchev–Trinajstić information content (AvgIpc) is 2.83. The van der Waals surface area contributed by atoms with Crippen LogP contribution in [0.15, 0.2) is 16.6 Å². The molecule has 0 saturated heterocycles. The summed E-state index contributed by atoms with van der Waals surface area (Å²) in [6, 6.07) is 4.05. The van der Waals surface area contributed by atoms with Crippen molar-refractivity contribution in [1.82, 2.24) is 9.78 Å². The molecule has 3 nitrogen and oxygen atoms in total. The summed E-state index contributed by atoms with van der Waals surface area (Å²) in [6.45, 7) is 6.93. The molecule has 0 bridgehead atoms. The molecule has 2 aromatic heterocycles. The first-order valence-electron chi connectivity index (χ1n) is 5.98. The number of thiophene rings is 1. The van der Waals surface area contributed by atoms with Gasteiger partial charge in [0.1, 0.15) is 0 Å². The lowest BCUT2D eigenvalue weighted by atomic mass is 10.1. The van der Waals surface area contributed by atoms with E-state index < -0.39 is 6.10 Å². The van der Waals surface area contributed by atoms with Crippen molar-refractivity contribution in [2.24, 2.45) is 0 Å². The molecule has 98 valence electrons. The summed E-state index contributed by atoms with van der Waals surface area (Å²) < 4.78 is 3.02. The van der Waals surface area contributed by atoms with E-state index in [1.54, 1.807) is 11.3 Å². The van der Waals surface area contributed by atoms with Crippen molar-refractivity contribution < 1.29 is 5.11 Å². The zero-order valence-corrected chi connectivity index (χ0v) is 13.2. The molecule has 18 heavy (non-hydrogen) atoms. The number of rotatable bonds is 4. The highest BCUT2D eigenvalue weighted by Gasteiger charge is 2.15. The second-order valence-electron chi connectivity index (χ2n) is 4.37. The van der Waals surface area contributed by atoms with Crippen LogP contribution >= 0.6 is 27.3 Å². The number of aliphatic hydroxyl groups excluding tert-OH is 1. The van der Waals surface area contributed by atoms with Gasteiger partial charge in [0.05, 0.1) is 11.8 Å². The summed E-state index contributed by atoms with van der Waals surface area (Å²) in [7, 11) is 0. The summed E-state index contributed by atoms with van der Waals surface area (Å²) >= 11 is 5.12. The quantitative estimate of drug-likeness (QED) is 0.930. The fourth-order valence-corrected chi connectivity index (χ4v) is 3.53. The van der Waals surface area contributed by atoms with E-state index in [9.17, 15) is 5.11 Å². The molecule has 0 saturated carbocycles. The first kappa shape index (κ1) is 13.8. The van der Waals surface area contributed by atoms with Crippen LogP contribution in [0.5, 0.6) is 0 Å². The van der Waals surface area contributed by atoms with E-state index in [0.717, 1.165) is 27.3 Å². The van der Waals surface area contributed by atoms with Gasteiger partial charge in [0, 0.05) is 32.9 Å². The summed E-state index contributed by atoms with van der Waals surface area (Å²) in [5.74, 6) is 0. The van der Waals surface area contributed by atoms with Crippen LogP contribution in [0.2, 0.25) is 0 Å². The molecule has 1 N–H and O–H groups in total. The zero-order chi connectivity index (χ0) is 13.3. The Kier molecular flexibility index (Phi) is 4.25. The maximum atomic E-state index is 10.3. The van der Waals surface area contributed by atoms with Crippen molar-refractivity contribution in [2.75, 3.05) is 0 Å². The van der Waals surface area contributed by atoms with Crippen LogP contribution < -0.4 is 0 Å². The van der Waals surface area contributed by atoms with Crippen molar-refractivity contribution in [2.45, 2.75) is 39.8 Å². The highest BCUT2D eigenvalue weighted by atomic mass is 79.9. The van der Waals surface area contributed by atoms with Gasteiger partial charge in [-0.1, -0.05) is 0 Å². The molecule has 0 spiro atoms. The Morgan fingerprint density at radius 2 is 2.17 bits per heavy atom. The van der Waals surface area contributed by atoms with E-state index in [1.165, 1.54) is 4.88 Å². The highest BCUT2D eigenvalue weighted by Crippen LogP contribution is 2.32. The van der Waals surface area contributed by atoms with Gasteiger partial charge < -0.3 is 5.11 Å². The van der Waals surface area contributed by atoms with Crippen LogP contribution in [0.1, 0.15) is 34.2 Å². The Bertz CT molecular complexity index is 528. The van der Waals surface area contributed by atoms with Crippen molar-refractivity contribution in [3.05, 3.63) is 37.7 Å². The minimum absolute atomic E-state index is 0.457. The third kappa shape index (κ3) is 2.84. The molecule has 0 aliphatic heterocycles. The van der Waals surface area contributed by atoms with Gasteiger partial charge in [0.2, 0.25) is 0 Å². The molecule has 2 rings (SSSR count). The van der Waals surface area contributed by atoms with Gasteiger partial charge in [-0.05, 0) is 48.8 Å². The summed E-state index contributed by atoms with van der Waals surface area (Å²) in [5.41, 5.74) is 2.09. The van der Waals surface area contributed by atoms with Gasteiger partial charge in [0.15, 0.2) is 0 Å². The number of aliphatic hydroxyl groups is 1. The molecular weight excluding hydrogens is 312 g/mol. The Labute approximate surface area is 120 Å². The maximum Gasteiger partial charge on any atom is 0.0937 e. The third-order valence-electron chi connectivity index (χ3n) is 2.89. The largest absolute Gasteiger partial charge is 0.387 e. The van der Waals surface area contributed by atoms with Crippen molar-refractivity contribution in [1.29, 1.82) is 0 Å². The van der Waals surface area contributed by atoms with E-state index in [2.05, 4.69) is 28.0 Å². The minimum Gasteiger partial charge on any atom is -0.387 e. The standard InChI is InChI=1S/C13H17BrN2OS/c1-4-16-10(5-8(2)15-16)6-12(17)13-7-11(14)9(3)18-13/h5,7,12,17H,4,6H2,1-3H3. The number of halogens is 1. The molecule has 0 aromatic carbocycles.